The molecule has 2 heterocycles. The zero-order chi connectivity index (χ0) is 18.9. The molecule has 2 aliphatic rings. The number of methoxy groups -OCH3 is 1. The molecule has 2 aliphatic heterocycles. The Morgan fingerprint density at radius 3 is 2.81 bits per heavy atom. The highest BCUT2D eigenvalue weighted by Gasteiger charge is 2.49. The highest BCUT2D eigenvalue weighted by molar-refractivity contribution is 5.90. The SMILES string of the molecule is COC(=O)c1cccc(N2[C@H]3CCCN[C@H]3C[C@@]2(C)Cc2ccccc2)c1. The molecule has 0 bridgehead atoms. The topological polar surface area (TPSA) is 41.6 Å². The van der Waals surface area contributed by atoms with Crippen LogP contribution in [0.3, 0.4) is 0 Å². The van der Waals surface area contributed by atoms with E-state index in [9.17, 15) is 4.79 Å². The summed E-state index contributed by atoms with van der Waals surface area (Å²) in [5, 5.41) is 3.74. The lowest BCUT2D eigenvalue weighted by Crippen LogP contribution is -2.50. The van der Waals surface area contributed by atoms with Crippen LogP contribution in [0.25, 0.3) is 0 Å². The molecule has 4 heteroatoms. The Hall–Kier alpha value is -2.33. The average molecular weight is 364 g/mol. The Bertz CT molecular complexity index is 807. The lowest BCUT2D eigenvalue weighted by Gasteiger charge is -2.42. The number of esters is 1. The number of ether oxygens (including phenoxy) is 1. The second-order valence-corrected chi connectivity index (χ2v) is 8.05. The molecule has 3 atom stereocenters. The normalized spacial score (nSPS) is 27.3. The fraction of sp³-hybridized carbons (Fsp3) is 0.435. The van der Waals surface area contributed by atoms with Crippen molar-refractivity contribution in [3.63, 3.8) is 0 Å². The van der Waals surface area contributed by atoms with Gasteiger partial charge in [0.25, 0.3) is 0 Å². The highest BCUT2D eigenvalue weighted by Crippen LogP contribution is 2.43. The number of hydrogen-bond acceptors (Lipinski definition) is 4. The number of nitrogens with one attached hydrogen (secondary N) is 1. The third-order valence-corrected chi connectivity index (χ3v) is 6.09. The number of nitrogens with zero attached hydrogens (tertiary/aromatic N) is 1. The molecule has 1 N–H and O–H groups in total. The molecule has 27 heavy (non-hydrogen) atoms. The van der Waals surface area contributed by atoms with Gasteiger partial charge < -0.3 is 15.0 Å². The lowest BCUT2D eigenvalue weighted by atomic mass is 9.88. The van der Waals surface area contributed by atoms with Crippen LogP contribution in [0.5, 0.6) is 0 Å². The quantitative estimate of drug-likeness (QED) is 0.838. The van der Waals surface area contributed by atoms with E-state index in [2.05, 4.69) is 53.5 Å². The van der Waals surface area contributed by atoms with Crippen molar-refractivity contribution in [2.75, 3.05) is 18.6 Å². The lowest BCUT2D eigenvalue weighted by molar-refractivity contribution is 0.0600. The van der Waals surface area contributed by atoms with E-state index in [-0.39, 0.29) is 11.5 Å². The number of fused-ring (bicyclic) bond motifs is 1. The first-order valence-electron chi connectivity index (χ1n) is 9.86. The monoisotopic (exact) mass is 364 g/mol. The van der Waals surface area contributed by atoms with E-state index in [0.717, 1.165) is 25.1 Å². The maximum atomic E-state index is 12.1. The molecule has 2 saturated heterocycles. The van der Waals surface area contributed by atoms with Crippen molar-refractivity contribution in [2.24, 2.45) is 0 Å². The number of carbonyl (C=O) groups excluding carboxylic acids is 1. The van der Waals surface area contributed by atoms with Gasteiger partial charge in [-0.25, -0.2) is 4.79 Å². The molecule has 2 fully saturated rings. The van der Waals surface area contributed by atoms with Crippen molar-refractivity contribution in [3.05, 3.63) is 65.7 Å². The second-order valence-electron chi connectivity index (χ2n) is 8.05. The van der Waals surface area contributed by atoms with Crippen LogP contribution >= 0.6 is 0 Å². The van der Waals surface area contributed by atoms with Crippen LogP contribution in [0.15, 0.2) is 54.6 Å². The van der Waals surface area contributed by atoms with E-state index >= 15 is 0 Å². The Labute approximate surface area is 161 Å². The van der Waals surface area contributed by atoms with Gasteiger partial charge in [0.1, 0.15) is 0 Å². The van der Waals surface area contributed by atoms with E-state index in [0.29, 0.717) is 17.6 Å². The number of piperidine rings is 1. The van der Waals surface area contributed by atoms with Crippen LogP contribution in [0.2, 0.25) is 0 Å². The van der Waals surface area contributed by atoms with Crippen molar-refractivity contribution in [1.29, 1.82) is 0 Å². The molecule has 4 rings (SSSR count). The van der Waals surface area contributed by atoms with Gasteiger partial charge in [-0.3, -0.25) is 0 Å². The van der Waals surface area contributed by atoms with E-state index in [4.69, 9.17) is 4.74 Å². The molecule has 4 nitrogen and oxygen atoms in total. The van der Waals surface area contributed by atoms with Crippen LogP contribution < -0.4 is 10.2 Å². The minimum absolute atomic E-state index is 0.00275. The zero-order valence-electron chi connectivity index (χ0n) is 16.2. The van der Waals surface area contributed by atoms with Crippen LogP contribution in [-0.2, 0) is 11.2 Å². The third-order valence-electron chi connectivity index (χ3n) is 6.09. The van der Waals surface area contributed by atoms with E-state index in [1.807, 2.05) is 18.2 Å². The first kappa shape index (κ1) is 18.1. The summed E-state index contributed by atoms with van der Waals surface area (Å²) in [4.78, 5) is 14.6. The van der Waals surface area contributed by atoms with Crippen LogP contribution in [-0.4, -0.2) is 37.2 Å². The maximum absolute atomic E-state index is 12.1. The van der Waals surface area contributed by atoms with Crippen molar-refractivity contribution < 1.29 is 9.53 Å². The summed E-state index contributed by atoms with van der Waals surface area (Å²) >= 11 is 0. The number of benzene rings is 2. The smallest absolute Gasteiger partial charge is 0.337 e. The van der Waals surface area contributed by atoms with E-state index in [1.165, 1.54) is 25.5 Å². The van der Waals surface area contributed by atoms with E-state index < -0.39 is 0 Å². The fourth-order valence-electron chi connectivity index (χ4n) is 5.02. The fourth-order valence-corrected chi connectivity index (χ4v) is 5.02. The van der Waals surface area contributed by atoms with Crippen molar-refractivity contribution in [2.45, 2.75) is 50.2 Å². The molecule has 142 valence electrons. The first-order chi connectivity index (χ1) is 13.1. The molecule has 0 radical (unpaired) electrons. The standard InChI is InChI=1S/C23H28N2O2/c1-23(15-17-8-4-3-5-9-17)16-20-21(12-7-13-24-20)25(23)19-11-6-10-18(14-19)22(26)27-2/h3-6,8-11,14,20-21,24H,7,12-13,15-16H2,1-2H3/t20-,21-,23+/m0/s1. The van der Waals surface area contributed by atoms with E-state index in [1.54, 1.807) is 0 Å². The summed E-state index contributed by atoms with van der Waals surface area (Å²) in [6.07, 6.45) is 4.47. The first-order valence-corrected chi connectivity index (χ1v) is 9.86. The van der Waals surface area contributed by atoms with Crippen molar-refractivity contribution in [1.82, 2.24) is 5.32 Å². The van der Waals surface area contributed by atoms with Gasteiger partial charge in [-0.1, -0.05) is 36.4 Å². The summed E-state index contributed by atoms with van der Waals surface area (Å²) in [5.74, 6) is -0.279. The van der Waals surface area contributed by atoms with Gasteiger partial charge in [0.15, 0.2) is 0 Å². The highest BCUT2D eigenvalue weighted by atomic mass is 16.5. The van der Waals surface area contributed by atoms with Crippen LogP contribution in [0.1, 0.15) is 42.1 Å². The molecule has 0 amide bonds. The van der Waals surface area contributed by atoms with Gasteiger partial charge in [-0.05, 0) is 62.9 Å². The average Bonchev–Trinajstić information content (AvgIpc) is 2.99. The molecular weight excluding hydrogens is 336 g/mol. The molecule has 0 aliphatic carbocycles. The van der Waals surface area contributed by atoms with Gasteiger partial charge >= 0.3 is 5.97 Å². The van der Waals surface area contributed by atoms with Crippen LogP contribution in [0, 0.1) is 0 Å². The van der Waals surface area contributed by atoms with Crippen LogP contribution in [0.4, 0.5) is 5.69 Å². The molecule has 0 saturated carbocycles. The molecule has 0 aromatic heterocycles. The molecule has 0 spiro atoms. The van der Waals surface area contributed by atoms with Gasteiger partial charge in [0.2, 0.25) is 0 Å². The molecular formula is C23H28N2O2. The Kier molecular flexibility index (Phi) is 4.92. The minimum Gasteiger partial charge on any atom is -0.465 e. The summed E-state index contributed by atoms with van der Waals surface area (Å²) in [7, 11) is 1.44. The summed E-state index contributed by atoms with van der Waals surface area (Å²) in [6, 6.07) is 19.6. The second kappa shape index (κ2) is 7.35. The Morgan fingerprint density at radius 1 is 1.22 bits per heavy atom. The van der Waals surface area contributed by atoms with Gasteiger partial charge in [0.05, 0.1) is 12.7 Å². The Morgan fingerprint density at radius 2 is 2.04 bits per heavy atom. The Balaban J connectivity index is 1.72. The number of hydrogen-bond donors (Lipinski definition) is 1. The van der Waals surface area contributed by atoms with Gasteiger partial charge in [-0.2, -0.15) is 0 Å². The van der Waals surface area contributed by atoms with Gasteiger partial charge in [-0.15, -0.1) is 0 Å². The summed E-state index contributed by atoms with van der Waals surface area (Å²) < 4.78 is 4.94. The largest absolute Gasteiger partial charge is 0.465 e. The summed E-state index contributed by atoms with van der Waals surface area (Å²) in [6.45, 7) is 3.46. The molecule has 0 unspecified atom stereocenters. The predicted molar refractivity (Wildman–Crippen MR) is 108 cm³/mol. The number of anilines is 1. The zero-order valence-corrected chi connectivity index (χ0v) is 16.2. The third kappa shape index (κ3) is 3.46. The van der Waals surface area contributed by atoms with Gasteiger partial charge in [0, 0.05) is 23.3 Å². The predicted octanol–water partition coefficient (Wildman–Crippen LogP) is 3.81. The molecule has 2 aromatic carbocycles. The summed E-state index contributed by atoms with van der Waals surface area (Å²) in [5.41, 5.74) is 3.09. The number of carbonyl (C=O) groups is 1. The number of rotatable bonds is 4. The minimum atomic E-state index is -0.279. The maximum Gasteiger partial charge on any atom is 0.337 e. The van der Waals surface area contributed by atoms with Crippen molar-refractivity contribution >= 4 is 11.7 Å². The van der Waals surface area contributed by atoms with Crippen molar-refractivity contribution in [3.8, 4) is 0 Å². The molecule has 2 aromatic rings.